The van der Waals surface area contributed by atoms with Crippen molar-refractivity contribution in [1.29, 1.82) is 0 Å². The van der Waals surface area contributed by atoms with Gasteiger partial charge in [0.05, 0.1) is 30.1 Å². The van der Waals surface area contributed by atoms with E-state index < -0.39 is 28.3 Å². The van der Waals surface area contributed by atoms with Gasteiger partial charge in [0.2, 0.25) is 0 Å². The average molecular weight is 596 g/mol. The van der Waals surface area contributed by atoms with Crippen LogP contribution in [0.1, 0.15) is 18.2 Å². The smallest absolute Gasteiger partial charge is 0.871 e. The Balaban J connectivity index is 0.00000380. The molecule has 0 spiro atoms. The Morgan fingerprint density at radius 2 is 2.00 bits per heavy atom. The molecule has 10 nitrogen and oxygen atoms in total. The maximum atomic E-state index is 13.0. The van der Waals surface area contributed by atoms with E-state index in [2.05, 4.69) is 26.1 Å². The fourth-order valence-electron chi connectivity index (χ4n) is 3.57. The SMILES string of the molecule is CCOC(=O)C1S/C(=N\N=C\c2c([O-])c(Br)c3oc(C)cc(=O)c3c2OC)N(c2ccccc2)C1=O.[Na+]. The van der Waals surface area contributed by atoms with Gasteiger partial charge in [-0.15, -0.1) is 5.10 Å². The second-order valence-corrected chi connectivity index (χ2v) is 9.27. The molecule has 1 aromatic heterocycles. The van der Waals surface area contributed by atoms with Crippen LogP contribution in [0.15, 0.2) is 60.3 Å². The molecule has 1 amide bonds. The topological polar surface area (TPSA) is 134 Å². The van der Waals surface area contributed by atoms with Gasteiger partial charge < -0.3 is 19.0 Å². The third kappa shape index (κ3) is 5.63. The molecular weight excluding hydrogens is 577 g/mol. The molecule has 2 aromatic carbocycles. The van der Waals surface area contributed by atoms with Gasteiger partial charge in [-0.1, -0.05) is 35.7 Å². The predicted molar refractivity (Wildman–Crippen MR) is 138 cm³/mol. The summed E-state index contributed by atoms with van der Waals surface area (Å²) >= 11 is 4.08. The fourth-order valence-corrected chi connectivity index (χ4v) is 5.04. The number of rotatable bonds is 6. The molecule has 1 unspecified atom stereocenters. The van der Waals surface area contributed by atoms with Gasteiger partial charge in [0.1, 0.15) is 16.9 Å². The van der Waals surface area contributed by atoms with E-state index in [1.807, 2.05) is 0 Å². The normalized spacial score (nSPS) is 16.4. The van der Waals surface area contributed by atoms with E-state index in [4.69, 9.17) is 13.9 Å². The van der Waals surface area contributed by atoms with Crippen LogP contribution in [0.2, 0.25) is 0 Å². The standard InChI is InChI=1S/C24H20BrN3O7S.Na/c1-4-34-23(32)21-22(31)28(13-8-6-5-7-9-13)24(36-21)27-26-11-14-18(30)17(25)20-16(19(14)33-3)15(29)10-12(2)35-20;/h5-11,21,30H,4H2,1-3H3;/q;+1/p-1/b26-11+,27-24-;. The Labute approximate surface area is 246 Å². The average Bonchev–Trinajstić information content (AvgIpc) is 3.19. The monoisotopic (exact) mass is 595 g/mol. The van der Waals surface area contributed by atoms with Crippen LogP contribution in [0.4, 0.5) is 5.69 Å². The van der Waals surface area contributed by atoms with Crippen LogP contribution in [-0.4, -0.2) is 42.2 Å². The molecular formula is C24H19BrN3NaO7S. The number of benzene rings is 2. The zero-order valence-electron chi connectivity index (χ0n) is 20.3. The van der Waals surface area contributed by atoms with Crippen molar-refractivity contribution in [2.75, 3.05) is 18.6 Å². The van der Waals surface area contributed by atoms with Crippen molar-refractivity contribution in [3.05, 3.63) is 62.4 Å². The van der Waals surface area contributed by atoms with Gasteiger partial charge in [0.15, 0.2) is 21.4 Å². The number of fused-ring (bicyclic) bond motifs is 1. The number of carbonyl (C=O) groups is 2. The molecule has 0 N–H and O–H groups in total. The molecule has 0 saturated carbocycles. The minimum Gasteiger partial charge on any atom is -0.871 e. The third-order valence-electron chi connectivity index (χ3n) is 5.09. The Morgan fingerprint density at radius 3 is 2.65 bits per heavy atom. The number of ether oxygens (including phenoxy) is 2. The number of aryl methyl sites for hydroxylation is 1. The molecule has 4 rings (SSSR count). The van der Waals surface area contributed by atoms with Gasteiger partial charge in [-0.2, -0.15) is 5.10 Å². The van der Waals surface area contributed by atoms with Crippen LogP contribution in [0, 0.1) is 6.92 Å². The number of hydrogen-bond acceptors (Lipinski definition) is 10. The number of amides is 1. The summed E-state index contributed by atoms with van der Waals surface area (Å²) < 4.78 is 16.0. The van der Waals surface area contributed by atoms with Gasteiger partial charge in [-0.05, 0) is 41.9 Å². The van der Waals surface area contributed by atoms with E-state index in [1.54, 1.807) is 44.2 Å². The van der Waals surface area contributed by atoms with Crippen molar-refractivity contribution >= 4 is 67.6 Å². The summed E-state index contributed by atoms with van der Waals surface area (Å²) in [5.74, 6) is -1.43. The molecule has 1 saturated heterocycles. The summed E-state index contributed by atoms with van der Waals surface area (Å²) in [6.07, 6.45) is 1.13. The molecule has 0 bridgehead atoms. The van der Waals surface area contributed by atoms with Gasteiger partial charge in [0, 0.05) is 11.6 Å². The van der Waals surface area contributed by atoms with Crippen molar-refractivity contribution in [1.82, 2.24) is 0 Å². The van der Waals surface area contributed by atoms with Crippen LogP contribution < -0.4 is 49.7 Å². The number of esters is 1. The number of nitrogens with zero attached hydrogens (tertiary/aromatic N) is 3. The van der Waals surface area contributed by atoms with Gasteiger partial charge >= 0.3 is 35.5 Å². The minimum atomic E-state index is -1.15. The second-order valence-electron chi connectivity index (χ2n) is 7.40. The Kier molecular flexibility index (Phi) is 9.59. The summed E-state index contributed by atoms with van der Waals surface area (Å²) in [5, 5.41) is 20.2. The molecule has 0 radical (unpaired) electrons. The number of methoxy groups -OCH3 is 1. The Morgan fingerprint density at radius 1 is 1.30 bits per heavy atom. The van der Waals surface area contributed by atoms with Crippen molar-refractivity contribution in [3.8, 4) is 11.5 Å². The Bertz CT molecular complexity index is 1480. The molecule has 1 aliphatic rings. The second kappa shape index (κ2) is 12.3. The van der Waals surface area contributed by atoms with E-state index >= 15 is 0 Å². The number of hydrogen-bond donors (Lipinski definition) is 0. The van der Waals surface area contributed by atoms with E-state index in [-0.39, 0.29) is 68.1 Å². The van der Waals surface area contributed by atoms with Gasteiger partial charge in [-0.3, -0.25) is 19.3 Å². The first kappa shape index (κ1) is 28.9. The number of para-hydroxylation sites is 1. The molecule has 1 aliphatic heterocycles. The zero-order valence-corrected chi connectivity index (χ0v) is 24.7. The van der Waals surface area contributed by atoms with Crippen molar-refractivity contribution in [3.63, 3.8) is 0 Å². The van der Waals surface area contributed by atoms with E-state index in [0.29, 0.717) is 11.4 Å². The fraction of sp³-hybridized carbons (Fsp3) is 0.208. The largest absolute Gasteiger partial charge is 1.00 e. The quantitative estimate of drug-likeness (QED) is 0.131. The third-order valence-corrected chi connectivity index (χ3v) is 6.92. The summed E-state index contributed by atoms with van der Waals surface area (Å²) in [6.45, 7) is 3.36. The van der Waals surface area contributed by atoms with Crippen LogP contribution in [-0.2, 0) is 14.3 Å². The summed E-state index contributed by atoms with van der Waals surface area (Å²) in [4.78, 5) is 39.3. The van der Waals surface area contributed by atoms with Crippen LogP contribution in [0.5, 0.6) is 11.5 Å². The maximum absolute atomic E-state index is 13.0. The van der Waals surface area contributed by atoms with Crippen molar-refractivity contribution in [2.45, 2.75) is 19.1 Å². The van der Waals surface area contributed by atoms with Gasteiger partial charge in [-0.25, -0.2) is 0 Å². The van der Waals surface area contributed by atoms with Crippen LogP contribution >= 0.6 is 27.7 Å². The number of halogens is 1. The first-order chi connectivity index (χ1) is 17.3. The van der Waals surface area contributed by atoms with Crippen molar-refractivity contribution < 1.29 is 58.1 Å². The minimum absolute atomic E-state index is 0. The number of amidine groups is 1. The van der Waals surface area contributed by atoms with E-state index in [1.165, 1.54) is 18.1 Å². The molecule has 1 fully saturated rings. The molecule has 0 aliphatic carbocycles. The molecule has 2 heterocycles. The van der Waals surface area contributed by atoms with Gasteiger partial charge in [0.25, 0.3) is 5.91 Å². The molecule has 3 aromatic rings. The number of thioether (sulfide) groups is 1. The van der Waals surface area contributed by atoms with Crippen molar-refractivity contribution in [2.24, 2.45) is 10.2 Å². The molecule has 13 heteroatoms. The summed E-state index contributed by atoms with van der Waals surface area (Å²) in [7, 11) is 1.32. The predicted octanol–water partition coefficient (Wildman–Crippen LogP) is 0.352. The molecule has 1 atom stereocenters. The Hall–Kier alpha value is -2.64. The summed E-state index contributed by atoms with van der Waals surface area (Å²) in [6, 6.07) is 9.92. The first-order valence-corrected chi connectivity index (χ1v) is 12.3. The first-order valence-electron chi connectivity index (χ1n) is 10.6. The van der Waals surface area contributed by atoms with Crippen LogP contribution in [0.3, 0.4) is 0 Å². The van der Waals surface area contributed by atoms with E-state index in [0.717, 1.165) is 18.0 Å². The van der Waals surface area contributed by atoms with Crippen LogP contribution in [0.25, 0.3) is 11.0 Å². The summed E-state index contributed by atoms with van der Waals surface area (Å²) in [5.41, 5.74) is 0.116. The van der Waals surface area contributed by atoms with E-state index in [9.17, 15) is 19.5 Å². The zero-order chi connectivity index (χ0) is 26.0. The number of anilines is 1. The molecule has 186 valence electrons. The number of carbonyl (C=O) groups excluding carboxylic acids is 2. The maximum Gasteiger partial charge on any atom is 1.00 e. The molecule has 37 heavy (non-hydrogen) atoms.